The third-order valence-electron chi connectivity index (χ3n) is 2.44. The van der Waals surface area contributed by atoms with E-state index in [1.54, 1.807) is 38.1 Å². The van der Waals surface area contributed by atoms with Crippen LogP contribution < -0.4 is 4.74 Å². The first kappa shape index (κ1) is 15.8. The second kappa shape index (κ2) is 7.99. The number of hydrogen-bond donors (Lipinski definition) is 0. The van der Waals surface area contributed by atoms with E-state index in [2.05, 4.69) is 0 Å². The molecule has 108 valence electrons. The van der Waals surface area contributed by atoms with Crippen molar-refractivity contribution in [3.63, 3.8) is 0 Å². The number of carbonyl (C=O) groups excluding carboxylic acids is 2. The molecule has 0 unspecified atom stereocenters. The first-order valence-corrected chi connectivity index (χ1v) is 6.31. The number of esters is 1. The molecule has 0 saturated carbocycles. The van der Waals surface area contributed by atoms with Crippen LogP contribution in [0.2, 0.25) is 0 Å². The summed E-state index contributed by atoms with van der Waals surface area (Å²) in [6, 6.07) is 6.55. The molecule has 0 amide bonds. The summed E-state index contributed by atoms with van der Waals surface area (Å²) in [7, 11) is 1.51. The molecule has 0 fully saturated rings. The van der Waals surface area contributed by atoms with Gasteiger partial charge in [0.05, 0.1) is 20.3 Å². The third-order valence-corrected chi connectivity index (χ3v) is 2.44. The molecule has 0 aliphatic rings. The van der Waals surface area contributed by atoms with Gasteiger partial charge in [-0.2, -0.15) is 0 Å². The number of rotatable bonds is 7. The van der Waals surface area contributed by atoms with Crippen LogP contribution in [-0.2, 0) is 14.3 Å². The Kier molecular flexibility index (Phi) is 6.29. The van der Waals surface area contributed by atoms with E-state index in [4.69, 9.17) is 14.2 Å². The maximum atomic E-state index is 12.3. The maximum absolute atomic E-state index is 12.3. The number of ketones is 1. The van der Waals surface area contributed by atoms with Crippen LogP contribution in [0, 0.1) is 0 Å². The minimum absolute atomic E-state index is 0.137. The monoisotopic (exact) mass is 278 g/mol. The molecule has 5 heteroatoms. The molecule has 20 heavy (non-hydrogen) atoms. The van der Waals surface area contributed by atoms with Gasteiger partial charge in [-0.15, -0.1) is 0 Å². The van der Waals surface area contributed by atoms with E-state index in [1.165, 1.54) is 7.11 Å². The molecule has 1 aromatic rings. The number of hydrogen-bond acceptors (Lipinski definition) is 5. The Morgan fingerprint density at radius 1 is 1.20 bits per heavy atom. The lowest BCUT2D eigenvalue weighted by molar-refractivity contribution is -0.138. The van der Waals surface area contributed by atoms with E-state index >= 15 is 0 Å². The van der Waals surface area contributed by atoms with Gasteiger partial charge in [-0.1, -0.05) is 12.1 Å². The molecule has 0 atom stereocenters. The Balaban J connectivity index is 3.06. The highest BCUT2D eigenvalue weighted by Gasteiger charge is 2.22. The summed E-state index contributed by atoms with van der Waals surface area (Å²) in [5, 5.41) is 0. The molecular formula is C15H18O5. The average Bonchev–Trinajstić information content (AvgIpc) is 2.47. The van der Waals surface area contributed by atoms with Gasteiger partial charge in [-0.3, -0.25) is 4.79 Å². The first-order chi connectivity index (χ1) is 9.63. The molecular weight excluding hydrogens is 260 g/mol. The van der Waals surface area contributed by atoms with E-state index in [0.29, 0.717) is 17.9 Å². The smallest absolute Gasteiger partial charge is 0.345 e. The lowest BCUT2D eigenvalue weighted by atomic mass is 10.0. The van der Waals surface area contributed by atoms with Crippen molar-refractivity contribution in [2.24, 2.45) is 0 Å². The highest BCUT2D eigenvalue weighted by atomic mass is 16.5. The van der Waals surface area contributed by atoms with Crippen molar-refractivity contribution < 1.29 is 23.8 Å². The largest absolute Gasteiger partial charge is 0.500 e. The summed E-state index contributed by atoms with van der Waals surface area (Å²) < 4.78 is 15.0. The van der Waals surface area contributed by atoms with Crippen LogP contribution in [0.15, 0.2) is 36.1 Å². The fourth-order valence-electron chi connectivity index (χ4n) is 1.49. The number of Topliss-reactive ketones (excluding diaryl/α,β-unsaturated/α-hetero) is 1. The highest BCUT2D eigenvalue weighted by molar-refractivity contribution is 6.24. The van der Waals surface area contributed by atoms with Crippen molar-refractivity contribution >= 4 is 11.8 Å². The zero-order valence-electron chi connectivity index (χ0n) is 11.8. The summed E-state index contributed by atoms with van der Waals surface area (Å²) in [5.41, 5.74) is 0.199. The van der Waals surface area contributed by atoms with E-state index in [1.807, 2.05) is 0 Å². The Bertz CT molecular complexity index is 505. The van der Waals surface area contributed by atoms with Gasteiger partial charge in [-0.25, -0.2) is 4.79 Å². The number of benzene rings is 1. The van der Waals surface area contributed by atoms with Crippen LogP contribution in [0.5, 0.6) is 5.75 Å². The normalized spacial score (nSPS) is 10.8. The Morgan fingerprint density at radius 2 is 1.95 bits per heavy atom. The van der Waals surface area contributed by atoms with Gasteiger partial charge in [0, 0.05) is 5.56 Å². The molecule has 0 radical (unpaired) electrons. The van der Waals surface area contributed by atoms with Gasteiger partial charge in [0.15, 0.2) is 0 Å². The molecule has 1 rings (SSSR count). The summed E-state index contributed by atoms with van der Waals surface area (Å²) in [4.78, 5) is 24.1. The molecule has 0 aliphatic carbocycles. The molecule has 0 heterocycles. The second-order valence-electron chi connectivity index (χ2n) is 3.77. The van der Waals surface area contributed by atoms with Gasteiger partial charge in [0.2, 0.25) is 5.78 Å². The molecule has 0 spiro atoms. The van der Waals surface area contributed by atoms with Crippen molar-refractivity contribution in [2.45, 2.75) is 13.8 Å². The standard InChI is InChI=1S/C15H18O5/c1-4-19-10-13(15(17)20-5-2)14(16)11-7-6-8-12(9-11)18-3/h6-10H,4-5H2,1-3H3. The van der Waals surface area contributed by atoms with Gasteiger partial charge in [-0.05, 0) is 26.0 Å². The minimum atomic E-state index is -0.700. The lowest BCUT2D eigenvalue weighted by Gasteiger charge is -2.07. The minimum Gasteiger partial charge on any atom is -0.500 e. The van der Waals surface area contributed by atoms with E-state index < -0.39 is 11.8 Å². The summed E-state index contributed by atoms with van der Waals surface area (Å²) in [6.07, 6.45) is 1.14. The van der Waals surface area contributed by atoms with Crippen molar-refractivity contribution in [2.75, 3.05) is 20.3 Å². The molecule has 5 nitrogen and oxygen atoms in total. The van der Waals surface area contributed by atoms with Crippen LogP contribution in [0.4, 0.5) is 0 Å². The predicted octanol–water partition coefficient (Wildman–Crippen LogP) is 2.36. The van der Waals surface area contributed by atoms with Gasteiger partial charge in [0.25, 0.3) is 0 Å². The lowest BCUT2D eigenvalue weighted by Crippen LogP contribution is -2.17. The summed E-state index contributed by atoms with van der Waals surface area (Å²) in [5.74, 6) is -0.625. The molecule has 0 aliphatic heterocycles. The SMILES string of the molecule is CCOC=C(C(=O)OCC)C(=O)c1cccc(OC)c1. The molecule has 0 N–H and O–H groups in total. The zero-order chi connectivity index (χ0) is 15.0. The molecule has 0 saturated heterocycles. The number of carbonyl (C=O) groups is 2. The van der Waals surface area contributed by atoms with Gasteiger partial charge < -0.3 is 14.2 Å². The van der Waals surface area contributed by atoms with Crippen molar-refractivity contribution in [3.8, 4) is 5.75 Å². The van der Waals surface area contributed by atoms with Gasteiger partial charge >= 0.3 is 5.97 Å². The van der Waals surface area contributed by atoms with E-state index in [0.717, 1.165) is 6.26 Å². The molecule has 0 bridgehead atoms. The Labute approximate surface area is 118 Å². The Morgan fingerprint density at radius 3 is 2.55 bits per heavy atom. The number of methoxy groups -OCH3 is 1. The number of ether oxygens (including phenoxy) is 3. The van der Waals surface area contributed by atoms with Crippen LogP contribution in [-0.4, -0.2) is 32.1 Å². The van der Waals surface area contributed by atoms with E-state index in [-0.39, 0.29) is 12.2 Å². The summed E-state index contributed by atoms with van der Waals surface area (Å²) in [6.45, 7) is 3.98. The second-order valence-corrected chi connectivity index (χ2v) is 3.77. The fraction of sp³-hybridized carbons (Fsp3) is 0.333. The van der Waals surface area contributed by atoms with Crippen molar-refractivity contribution in [1.29, 1.82) is 0 Å². The van der Waals surface area contributed by atoms with E-state index in [9.17, 15) is 9.59 Å². The summed E-state index contributed by atoms with van der Waals surface area (Å²) >= 11 is 0. The first-order valence-electron chi connectivity index (χ1n) is 6.31. The van der Waals surface area contributed by atoms with Crippen molar-refractivity contribution in [3.05, 3.63) is 41.7 Å². The van der Waals surface area contributed by atoms with Gasteiger partial charge in [0.1, 0.15) is 17.6 Å². The van der Waals surface area contributed by atoms with Crippen LogP contribution in [0.1, 0.15) is 24.2 Å². The molecule has 1 aromatic carbocycles. The van der Waals surface area contributed by atoms with Crippen LogP contribution in [0.25, 0.3) is 0 Å². The van der Waals surface area contributed by atoms with Crippen LogP contribution >= 0.6 is 0 Å². The quantitative estimate of drug-likeness (QED) is 0.191. The van der Waals surface area contributed by atoms with Crippen LogP contribution in [0.3, 0.4) is 0 Å². The topological polar surface area (TPSA) is 61.8 Å². The molecule has 0 aromatic heterocycles. The highest BCUT2D eigenvalue weighted by Crippen LogP contribution is 2.17. The Hall–Kier alpha value is -2.30. The zero-order valence-corrected chi connectivity index (χ0v) is 11.8. The predicted molar refractivity (Wildman–Crippen MR) is 73.7 cm³/mol. The fourth-order valence-corrected chi connectivity index (χ4v) is 1.49. The third kappa shape index (κ3) is 4.12. The average molecular weight is 278 g/mol. The van der Waals surface area contributed by atoms with Crippen molar-refractivity contribution in [1.82, 2.24) is 0 Å². The maximum Gasteiger partial charge on any atom is 0.345 e.